The summed E-state index contributed by atoms with van der Waals surface area (Å²) in [6.45, 7) is 2.16. The van der Waals surface area contributed by atoms with Crippen molar-refractivity contribution in [2.45, 2.75) is 44.4 Å². The molecule has 1 aromatic heterocycles. The Morgan fingerprint density at radius 3 is 3.00 bits per heavy atom. The van der Waals surface area contributed by atoms with Crippen molar-refractivity contribution in [2.75, 3.05) is 0 Å². The first-order chi connectivity index (χ1) is 6.77. The molecule has 0 aromatic carbocycles. The third-order valence-corrected chi connectivity index (χ3v) is 3.97. The van der Waals surface area contributed by atoms with Crippen LogP contribution in [0.1, 0.15) is 37.1 Å². The highest BCUT2D eigenvalue weighted by Crippen LogP contribution is 2.24. The van der Waals surface area contributed by atoms with Crippen LogP contribution in [0.3, 0.4) is 0 Å². The zero-order valence-electron chi connectivity index (χ0n) is 8.44. The van der Waals surface area contributed by atoms with Crippen molar-refractivity contribution in [2.24, 2.45) is 0 Å². The molecule has 14 heavy (non-hydrogen) atoms. The van der Waals surface area contributed by atoms with Crippen molar-refractivity contribution >= 4 is 11.3 Å². The molecule has 0 spiro atoms. The summed E-state index contributed by atoms with van der Waals surface area (Å²) in [5, 5.41) is 15.3. The minimum absolute atomic E-state index is 0.141. The first kappa shape index (κ1) is 10.1. The molecule has 0 saturated heterocycles. The van der Waals surface area contributed by atoms with E-state index in [1.54, 1.807) is 11.3 Å². The van der Waals surface area contributed by atoms with E-state index in [9.17, 15) is 5.11 Å². The average molecular weight is 211 g/mol. The maximum absolute atomic E-state index is 9.68. The second-order valence-electron chi connectivity index (χ2n) is 4.01. The standard InChI is InChI=1S/C11H17NOS/c1-8(11-6-3-7-14-11)12-9-4-2-5-10(9)13/h3,6-10,12-13H,2,4-5H2,1H3/t8-,9+,10+/m1/s1. The molecule has 1 aromatic rings. The zero-order valence-corrected chi connectivity index (χ0v) is 9.26. The van der Waals surface area contributed by atoms with Crippen molar-refractivity contribution in [1.82, 2.24) is 5.32 Å². The van der Waals surface area contributed by atoms with Crippen LogP contribution in [0.25, 0.3) is 0 Å². The third-order valence-electron chi connectivity index (χ3n) is 2.91. The highest BCUT2D eigenvalue weighted by atomic mass is 32.1. The zero-order chi connectivity index (χ0) is 9.97. The Labute approximate surface area is 89.0 Å². The molecule has 1 fully saturated rings. The number of thiophene rings is 1. The van der Waals surface area contributed by atoms with E-state index in [0.717, 1.165) is 19.3 Å². The number of aliphatic hydroxyl groups excluding tert-OH is 1. The SMILES string of the molecule is C[C@@H](N[C@H]1CCC[C@@H]1O)c1cccs1. The van der Waals surface area contributed by atoms with Gasteiger partial charge in [-0.05, 0) is 37.6 Å². The van der Waals surface area contributed by atoms with Crippen LogP contribution in [0, 0.1) is 0 Å². The van der Waals surface area contributed by atoms with Gasteiger partial charge in [-0.25, -0.2) is 0 Å². The molecule has 1 aliphatic rings. The van der Waals surface area contributed by atoms with Crippen molar-refractivity contribution in [3.05, 3.63) is 22.4 Å². The fraction of sp³-hybridized carbons (Fsp3) is 0.636. The van der Waals surface area contributed by atoms with Gasteiger partial charge in [-0.1, -0.05) is 6.07 Å². The molecular formula is C11H17NOS. The monoisotopic (exact) mass is 211 g/mol. The van der Waals surface area contributed by atoms with Gasteiger partial charge in [0, 0.05) is 17.0 Å². The second-order valence-corrected chi connectivity index (χ2v) is 4.99. The van der Waals surface area contributed by atoms with Crippen LogP contribution in [0.5, 0.6) is 0 Å². The molecule has 0 radical (unpaired) electrons. The lowest BCUT2D eigenvalue weighted by atomic mass is 10.1. The van der Waals surface area contributed by atoms with E-state index in [-0.39, 0.29) is 6.10 Å². The van der Waals surface area contributed by atoms with E-state index in [0.29, 0.717) is 12.1 Å². The number of hydrogen-bond donors (Lipinski definition) is 2. The van der Waals surface area contributed by atoms with Gasteiger partial charge in [-0.3, -0.25) is 0 Å². The van der Waals surface area contributed by atoms with Crippen LogP contribution >= 0.6 is 11.3 Å². The molecule has 0 unspecified atom stereocenters. The van der Waals surface area contributed by atoms with Crippen molar-refractivity contribution in [1.29, 1.82) is 0 Å². The quantitative estimate of drug-likeness (QED) is 0.804. The van der Waals surface area contributed by atoms with Gasteiger partial charge in [0.2, 0.25) is 0 Å². The molecule has 78 valence electrons. The number of nitrogens with one attached hydrogen (secondary N) is 1. The number of rotatable bonds is 3. The van der Waals surface area contributed by atoms with Gasteiger partial charge < -0.3 is 10.4 Å². The smallest absolute Gasteiger partial charge is 0.0693 e. The Hall–Kier alpha value is -0.380. The van der Waals surface area contributed by atoms with Gasteiger partial charge >= 0.3 is 0 Å². The summed E-state index contributed by atoms with van der Waals surface area (Å²) in [6.07, 6.45) is 3.07. The predicted octanol–water partition coefficient (Wildman–Crippen LogP) is 2.31. The molecule has 0 aliphatic heterocycles. The van der Waals surface area contributed by atoms with E-state index in [1.165, 1.54) is 4.88 Å². The van der Waals surface area contributed by atoms with Crippen LogP contribution in [-0.2, 0) is 0 Å². The van der Waals surface area contributed by atoms with Gasteiger partial charge in [0.1, 0.15) is 0 Å². The lowest BCUT2D eigenvalue weighted by Crippen LogP contribution is -2.36. The fourth-order valence-electron chi connectivity index (χ4n) is 2.08. The molecule has 0 amide bonds. The minimum Gasteiger partial charge on any atom is -0.392 e. The summed E-state index contributed by atoms with van der Waals surface area (Å²) in [7, 11) is 0. The molecule has 3 heteroatoms. The highest BCUT2D eigenvalue weighted by molar-refractivity contribution is 7.10. The summed E-state index contributed by atoms with van der Waals surface area (Å²) < 4.78 is 0. The predicted molar refractivity (Wildman–Crippen MR) is 59.5 cm³/mol. The summed E-state index contributed by atoms with van der Waals surface area (Å²) in [4.78, 5) is 1.35. The topological polar surface area (TPSA) is 32.3 Å². The molecule has 0 bridgehead atoms. The first-order valence-electron chi connectivity index (χ1n) is 5.25. The van der Waals surface area contributed by atoms with E-state index >= 15 is 0 Å². The van der Waals surface area contributed by atoms with Crippen molar-refractivity contribution in [3.63, 3.8) is 0 Å². The van der Waals surface area contributed by atoms with Crippen LogP contribution < -0.4 is 5.32 Å². The van der Waals surface area contributed by atoms with Gasteiger partial charge in [0.25, 0.3) is 0 Å². The lowest BCUT2D eigenvalue weighted by Gasteiger charge is -2.21. The first-order valence-corrected chi connectivity index (χ1v) is 6.13. The molecule has 1 aliphatic carbocycles. The molecular weight excluding hydrogens is 194 g/mol. The van der Waals surface area contributed by atoms with Crippen LogP contribution in [0.2, 0.25) is 0 Å². The summed E-state index contributed by atoms with van der Waals surface area (Å²) in [6, 6.07) is 4.88. The normalized spacial score (nSPS) is 29.3. The van der Waals surface area contributed by atoms with Gasteiger partial charge in [-0.2, -0.15) is 0 Å². The lowest BCUT2D eigenvalue weighted by molar-refractivity contribution is 0.144. The van der Waals surface area contributed by atoms with Crippen LogP contribution in [-0.4, -0.2) is 17.3 Å². The Bertz CT molecular complexity index is 273. The van der Waals surface area contributed by atoms with E-state index in [2.05, 4.69) is 29.8 Å². The van der Waals surface area contributed by atoms with Gasteiger partial charge in [-0.15, -0.1) is 11.3 Å². The molecule has 1 saturated carbocycles. The van der Waals surface area contributed by atoms with Crippen molar-refractivity contribution < 1.29 is 5.11 Å². The molecule has 2 N–H and O–H groups in total. The highest BCUT2D eigenvalue weighted by Gasteiger charge is 2.26. The minimum atomic E-state index is -0.141. The maximum Gasteiger partial charge on any atom is 0.0693 e. The van der Waals surface area contributed by atoms with E-state index in [1.807, 2.05) is 0 Å². The summed E-state index contributed by atoms with van der Waals surface area (Å²) in [5.41, 5.74) is 0. The van der Waals surface area contributed by atoms with Crippen molar-refractivity contribution in [3.8, 4) is 0 Å². The third kappa shape index (κ3) is 2.16. The fourth-order valence-corrected chi connectivity index (χ4v) is 2.82. The molecule has 3 atom stereocenters. The number of aliphatic hydroxyl groups is 1. The Kier molecular flexibility index (Phi) is 3.21. The van der Waals surface area contributed by atoms with E-state index < -0.39 is 0 Å². The van der Waals surface area contributed by atoms with Crippen LogP contribution in [0.15, 0.2) is 17.5 Å². The van der Waals surface area contributed by atoms with Gasteiger partial charge in [0.15, 0.2) is 0 Å². The molecule has 2 rings (SSSR count). The Morgan fingerprint density at radius 1 is 1.57 bits per heavy atom. The molecule has 2 nitrogen and oxygen atoms in total. The van der Waals surface area contributed by atoms with Gasteiger partial charge in [0.05, 0.1) is 6.10 Å². The molecule has 1 heterocycles. The summed E-state index contributed by atoms with van der Waals surface area (Å²) >= 11 is 1.77. The average Bonchev–Trinajstić information content (AvgIpc) is 2.77. The maximum atomic E-state index is 9.68. The van der Waals surface area contributed by atoms with Crippen LogP contribution in [0.4, 0.5) is 0 Å². The Morgan fingerprint density at radius 2 is 2.43 bits per heavy atom. The number of hydrogen-bond acceptors (Lipinski definition) is 3. The summed E-state index contributed by atoms with van der Waals surface area (Å²) in [5.74, 6) is 0. The largest absolute Gasteiger partial charge is 0.392 e. The second kappa shape index (κ2) is 4.43. The van der Waals surface area contributed by atoms with E-state index in [4.69, 9.17) is 0 Å². The Balaban J connectivity index is 1.91.